The number of aryl methyl sites for hydroxylation is 2. The summed E-state index contributed by atoms with van der Waals surface area (Å²) in [5.74, 6) is 0. The smallest absolute Gasteiger partial charge is 1.00 e. The Kier molecular flexibility index (Phi) is 19.2. The van der Waals surface area contributed by atoms with Crippen molar-refractivity contribution >= 4 is 19.8 Å². The van der Waals surface area contributed by atoms with E-state index in [1.165, 1.54) is 78.0 Å². The first-order valence-electron chi connectivity index (χ1n) is 10.8. The second-order valence-electron chi connectivity index (χ2n) is 7.88. The van der Waals surface area contributed by atoms with Crippen molar-refractivity contribution < 1.29 is 55.8 Å². The van der Waals surface area contributed by atoms with Gasteiger partial charge < -0.3 is 29.6 Å². The van der Waals surface area contributed by atoms with E-state index in [4.69, 9.17) is 4.80 Å². The molecule has 0 aromatic heterocycles. The summed E-state index contributed by atoms with van der Waals surface area (Å²) in [5, 5.41) is 2.79. The zero-order valence-corrected chi connectivity index (χ0v) is 24.3. The van der Waals surface area contributed by atoms with E-state index in [0.717, 1.165) is 0 Å². The predicted octanol–water partition coefficient (Wildman–Crippen LogP) is 1.54. The Labute approximate surface area is 223 Å². The Morgan fingerprint density at radius 2 is 1.48 bits per heavy atom. The number of unbranched alkanes of at least 4 members (excludes halogenated alkanes) is 3. The first kappa shape index (κ1) is 32.9. The molecule has 0 aliphatic carbocycles. The molecule has 0 heterocycles. The van der Waals surface area contributed by atoms with Crippen molar-refractivity contribution in [2.24, 2.45) is 0 Å². The second kappa shape index (κ2) is 18.2. The minimum Gasteiger partial charge on any atom is -1.00 e. The summed E-state index contributed by atoms with van der Waals surface area (Å²) in [6, 6.07) is 20.6. The largest absolute Gasteiger partial charge is 3.00 e. The molecule has 2 radical (unpaired) electrons. The van der Waals surface area contributed by atoms with Crippen molar-refractivity contribution in [3.05, 3.63) is 65.7 Å². The summed E-state index contributed by atoms with van der Waals surface area (Å²) in [4.78, 5) is 8.16. The number of benzene rings is 2. The van der Waals surface area contributed by atoms with E-state index in [0.29, 0.717) is 0 Å². The fraction of sp³-hybridized carbons (Fsp3) is 0.423. The van der Waals surface area contributed by atoms with Gasteiger partial charge in [-0.15, -0.1) is 34.5 Å². The first-order chi connectivity index (χ1) is 13.5. The van der Waals surface area contributed by atoms with E-state index in [9.17, 15) is 0 Å². The molecule has 0 unspecified atom stereocenters. The number of hydrogen-bond donors (Lipinski definition) is 1. The van der Waals surface area contributed by atoms with Gasteiger partial charge in [-0.2, -0.15) is 6.07 Å². The second-order valence-corrected chi connectivity index (χ2v) is 9.77. The quantitative estimate of drug-likeness (QED) is 0.255. The Morgan fingerprint density at radius 1 is 0.839 bits per heavy atom. The molecule has 0 spiro atoms. The topological polar surface area (TPSA) is 20.2 Å². The summed E-state index contributed by atoms with van der Waals surface area (Å²) >= 11 is 0. The molecule has 1 N–H and O–H groups in total. The summed E-state index contributed by atoms with van der Waals surface area (Å²) < 4.78 is 0. The first-order valence-corrected chi connectivity index (χ1v) is 13.3. The van der Waals surface area contributed by atoms with Gasteiger partial charge in [0.15, 0.2) is 9.04 Å². The van der Waals surface area contributed by atoms with Crippen molar-refractivity contribution in [2.75, 3.05) is 0 Å². The van der Waals surface area contributed by atoms with Crippen molar-refractivity contribution in [1.82, 2.24) is 0 Å². The van der Waals surface area contributed by atoms with Gasteiger partial charge in [0.2, 0.25) is 0 Å². The molecule has 1 nitrogen and oxygen atoms in total. The molecule has 168 valence electrons. The number of rotatable bonds is 8. The van der Waals surface area contributed by atoms with Gasteiger partial charge in [-0.3, -0.25) is 0 Å². The fourth-order valence-electron chi connectivity index (χ4n) is 3.59. The molecule has 0 aliphatic rings. The third kappa shape index (κ3) is 11.4. The van der Waals surface area contributed by atoms with E-state index in [-0.39, 0.29) is 51.0 Å². The van der Waals surface area contributed by atoms with Gasteiger partial charge in [0.1, 0.15) is 0 Å². The molecule has 5 heteroatoms. The molecule has 0 fully saturated rings. The van der Waals surface area contributed by atoms with Crippen LogP contribution in [0.2, 0.25) is 13.1 Å². The van der Waals surface area contributed by atoms with Crippen LogP contribution >= 0.6 is 0 Å². The molecular weight excluding hydrogens is 519 g/mol. The van der Waals surface area contributed by atoms with E-state index in [1.807, 2.05) is 13.1 Å². The fourth-order valence-corrected chi connectivity index (χ4v) is 3.59. The average molecular weight is 555 g/mol. The molecule has 0 bridgehead atoms. The van der Waals surface area contributed by atoms with E-state index in [2.05, 4.69) is 68.4 Å². The SMILES string of the molecule is CCCCCCc1cc2c(-c3ccc(CCC)cc3)cccc2[cH-]1.C[Si](C)O.[Cl-].[Cl-].[Zr+3]. The van der Waals surface area contributed by atoms with Gasteiger partial charge in [0, 0.05) is 0 Å². The number of halogens is 2. The Balaban J connectivity index is 0. The molecule has 0 saturated heterocycles. The summed E-state index contributed by atoms with van der Waals surface area (Å²) in [5.41, 5.74) is 5.64. The Bertz CT molecular complexity index is 828. The summed E-state index contributed by atoms with van der Waals surface area (Å²) in [6.07, 6.45) is 8.91. The van der Waals surface area contributed by atoms with Gasteiger partial charge in [-0.05, 0) is 37.1 Å². The van der Waals surface area contributed by atoms with Crippen LogP contribution in [0.25, 0.3) is 21.9 Å². The maximum Gasteiger partial charge on any atom is 3.00 e. The van der Waals surface area contributed by atoms with Crippen LogP contribution in [0.4, 0.5) is 0 Å². The summed E-state index contributed by atoms with van der Waals surface area (Å²) in [7, 11) is -0.880. The molecule has 3 rings (SSSR count). The van der Waals surface area contributed by atoms with Gasteiger partial charge in [-0.1, -0.05) is 81.8 Å². The molecular formula is C26H36Cl2OSiZr. The maximum absolute atomic E-state index is 8.16. The molecule has 0 aliphatic heterocycles. The van der Waals surface area contributed by atoms with Gasteiger partial charge in [0.25, 0.3) is 0 Å². The van der Waals surface area contributed by atoms with Crippen LogP contribution in [0, 0.1) is 0 Å². The van der Waals surface area contributed by atoms with Crippen molar-refractivity contribution in [1.29, 1.82) is 0 Å². The van der Waals surface area contributed by atoms with Gasteiger partial charge in [0.05, 0.1) is 0 Å². The van der Waals surface area contributed by atoms with Crippen LogP contribution < -0.4 is 24.8 Å². The number of hydrogen-bond acceptors (Lipinski definition) is 1. The minimum absolute atomic E-state index is 0. The molecule has 0 saturated carbocycles. The predicted molar refractivity (Wildman–Crippen MR) is 127 cm³/mol. The van der Waals surface area contributed by atoms with Gasteiger partial charge in [-0.25, -0.2) is 0 Å². The third-order valence-corrected chi connectivity index (χ3v) is 4.93. The van der Waals surface area contributed by atoms with Crippen LogP contribution in [0.3, 0.4) is 0 Å². The monoisotopic (exact) mass is 552 g/mol. The molecule has 0 amide bonds. The van der Waals surface area contributed by atoms with Crippen molar-refractivity contribution in [3.63, 3.8) is 0 Å². The van der Waals surface area contributed by atoms with Crippen LogP contribution in [0.5, 0.6) is 0 Å². The zero-order valence-electron chi connectivity index (χ0n) is 19.3. The normalized spacial score (nSPS) is 9.87. The van der Waals surface area contributed by atoms with Crippen molar-refractivity contribution in [2.45, 2.75) is 71.9 Å². The van der Waals surface area contributed by atoms with Crippen LogP contribution in [-0.2, 0) is 39.0 Å². The summed E-state index contributed by atoms with van der Waals surface area (Å²) in [6.45, 7) is 8.16. The Hall–Kier alpha value is -0.310. The van der Waals surface area contributed by atoms with Gasteiger partial charge >= 0.3 is 26.2 Å². The molecule has 3 aromatic rings. The van der Waals surface area contributed by atoms with E-state index in [1.54, 1.807) is 0 Å². The maximum atomic E-state index is 8.16. The molecule has 0 atom stereocenters. The zero-order chi connectivity index (χ0) is 20.4. The average Bonchev–Trinajstić information content (AvgIpc) is 3.09. The third-order valence-electron chi connectivity index (χ3n) is 4.93. The number of fused-ring (bicyclic) bond motifs is 1. The van der Waals surface area contributed by atoms with Crippen LogP contribution in [0.1, 0.15) is 57.1 Å². The van der Waals surface area contributed by atoms with E-state index >= 15 is 0 Å². The molecule has 3 aromatic carbocycles. The van der Waals surface area contributed by atoms with Crippen LogP contribution in [0.15, 0.2) is 54.6 Å². The van der Waals surface area contributed by atoms with Crippen LogP contribution in [-0.4, -0.2) is 13.8 Å². The van der Waals surface area contributed by atoms with E-state index < -0.39 is 9.04 Å². The molecule has 31 heavy (non-hydrogen) atoms. The standard InChI is InChI=1S/C24H29.C2H7OSi.2ClH.Zr/c1-3-5-6-7-10-20-17-22-11-8-12-23(24(22)18-20)21-15-13-19(9-4-2)14-16-21;1-4(2)3;;;/h8,11-18H,3-7,9-10H2,1-2H3;3H,1-2H3;2*1H;/q-1;;;;+3/p-2. The Morgan fingerprint density at radius 3 is 2.06 bits per heavy atom. The minimum atomic E-state index is -0.880. The van der Waals surface area contributed by atoms with Crippen molar-refractivity contribution in [3.8, 4) is 11.1 Å².